The molecular formula is C16H29N3O2. The Morgan fingerprint density at radius 3 is 2.67 bits per heavy atom. The molecule has 1 rings (SSSR count). The largest absolute Gasteiger partial charge is 0.467 e. The van der Waals surface area contributed by atoms with Crippen LogP contribution in [0.25, 0.3) is 0 Å². The van der Waals surface area contributed by atoms with Crippen molar-refractivity contribution in [3.05, 3.63) is 24.2 Å². The van der Waals surface area contributed by atoms with Gasteiger partial charge in [-0.05, 0) is 37.1 Å². The van der Waals surface area contributed by atoms with Gasteiger partial charge in [0, 0.05) is 13.6 Å². The normalized spacial score (nSPS) is 11.9. The Labute approximate surface area is 128 Å². The van der Waals surface area contributed by atoms with Crippen LogP contribution in [0.3, 0.4) is 0 Å². The highest BCUT2D eigenvalue weighted by atomic mass is 16.3. The molecule has 0 aliphatic heterocycles. The van der Waals surface area contributed by atoms with Crippen LogP contribution < -0.4 is 5.73 Å². The fourth-order valence-electron chi connectivity index (χ4n) is 2.24. The summed E-state index contributed by atoms with van der Waals surface area (Å²) in [4.78, 5) is 16.2. The second kappa shape index (κ2) is 8.20. The fraction of sp³-hybridized carbons (Fsp3) is 0.688. The first-order valence-electron chi connectivity index (χ1n) is 7.56. The van der Waals surface area contributed by atoms with Crippen LogP contribution in [0.2, 0.25) is 0 Å². The lowest BCUT2D eigenvalue weighted by atomic mass is 9.93. The average Bonchev–Trinajstić information content (AvgIpc) is 2.91. The fourth-order valence-corrected chi connectivity index (χ4v) is 2.24. The van der Waals surface area contributed by atoms with Gasteiger partial charge in [0.1, 0.15) is 5.76 Å². The van der Waals surface area contributed by atoms with Crippen LogP contribution in [0.1, 0.15) is 33.0 Å². The van der Waals surface area contributed by atoms with Crippen molar-refractivity contribution in [2.75, 3.05) is 33.2 Å². The van der Waals surface area contributed by atoms with Gasteiger partial charge in [-0.15, -0.1) is 0 Å². The van der Waals surface area contributed by atoms with E-state index in [0.717, 1.165) is 25.3 Å². The lowest BCUT2D eigenvalue weighted by Gasteiger charge is -2.32. The Hall–Kier alpha value is -1.33. The van der Waals surface area contributed by atoms with Gasteiger partial charge in [-0.1, -0.05) is 20.8 Å². The minimum absolute atomic E-state index is 0.0228. The molecule has 0 aliphatic carbocycles. The number of amides is 1. The Balaban J connectivity index is 2.54. The summed E-state index contributed by atoms with van der Waals surface area (Å²) in [6, 6.07) is 3.71. The van der Waals surface area contributed by atoms with E-state index in [1.807, 2.05) is 19.2 Å². The number of hydrogen-bond donors (Lipinski definition) is 1. The van der Waals surface area contributed by atoms with Crippen molar-refractivity contribution < 1.29 is 9.21 Å². The summed E-state index contributed by atoms with van der Waals surface area (Å²) < 4.78 is 5.28. The lowest BCUT2D eigenvalue weighted by Crippen LogP contribution is -2.44. The molecule has 0 bridgehead atoms. The highest BCUT2D eigenvalue weighted by molar-refractivity contribution is 5.77. The molecule has 0 saturated carbocycles. The zero-order valence-electron chi connectivity index (χ0n) is 13.8. The Bertz CT molecular complexity index is 415. The Morgan fingerprint density at radius 2 is 2.14 bits per heavy atom. The summed E-state index contributed by atoms with van der Waals surface area (Å²) in [7, 11) is 1.81. The number of nitrogens with zero attached hydrogens (tertiary/aromatic N) is 2. The number of carbonyl (C=O) groups is 1. The van der Waals surface area contributed by atoms with E-state index in [0.29, 0.717) is 19.6 Å². The van der Waals surface area contributed by atoms with E-state index in [-0.39, 0.29) is 11.3 Å². The summed E-state index contributed by atoms with van der Waals surface area (Å²) in [5.74, 6) is 0.905. The topological polar surface area (TPSA) is 62.7 Å². The third-order valence-electron chi connectivity index (χ3n) is 3.50. The third kappa shape index (κ3) is 6.31. The number of rotatable bonds is 9. The second-order valence-corrected chi connectivity index (χ2v) is 6.41. The number of likely N-dealkylation sites (N-methyl/N-ethyl adjacent to an activating group) is 1. The van der Waals surface area contributed by atoms with Crippen LogP contribution in [-0.2, 0) is 11.3 Å². The SMILES string of the molecule is CCCN(CC(=O)N(C)Cc1ccco1)CC(C)(C)CN. The van der Waals surface area contributed by atoms with Gasteiger partial charge in [0.05, 0.1) is 19.4 Å². The summed E-state index contributed by atoms with van der Waals surface area (Å²) >= 11 is 0. The van der Waals surface area contributed by atoms with Gasteiger partial charge in [-0.3, -0.25) is 9.69 Å². The molecule has 0 unspecified atom stereocenters. The Kier molecular flexibility index (Phi) is 6.92. The monoisotopic (exact) mass is 295 g/mol. The molecule has 0 saturated heterocycles. The molecule has 5 nitrogen and oxygen atoms in total. The van der Waals surface area contributed by atoms with Crippen molar-refractivity contribution in [2.45, 2.75) is 33.7 Å². The van der Waals surface area contributed by atoms with Crippen LogP contribution in [0.5, 0.6) is 0 Å². The number of nitrogens with two attached hydrogens (primary N) is 1. The van der Waals surface area contributed by atoms with E-state index in [1.54, 1.807) is 11.2 Å². The first kappa shape index (κ1) is 17.7. The van der Waals surface area contributed by atoms with E-state index >= 15 is 0 Å². The van der Waals surface area contributed by atoms with Crippen molar-refractivity contribution in [3.8, 4) is 0 Å². The molecule has 0 atom stereocenters. The summed E-state index contributed by atoms with van der Waals surface area (Å²) in [5.41, 5.74) is 5.82. The lowest BCUT2D eigenvalue weighted by molar-refractivity contribution is -0.132. The predicted octanol–water partition coefficient (Wildman–Crippen LogP) is 1.93. The molecule has 0 aromatic carbocycles. The Morgan fingerprint density at radius 1 is 1.43 bits per heavy atom. The van der Waals surface area contributed by atoms with Crippen LogP contribution in [0.15, 0.2) is 22.8 Å². The quantitative estimate of drug-likeness (QED) is 0.756. The van der Waals surface area contributed by atoms with Crippen molar-refractivity contribution in [1.82, 2.24) is 9.80 Å². The summed E-state index contributed by atoms with van der Waals surface area (Å²) in [6.45, 7) is 9.67. The first-order valence-corrected chi connectivity index (χ1v) is 7.56. The van der Waals surface area contributed by atoms with Gasteiger partial charge < -0.3 is 15.1 Å². The van der Waals surface area contributed by atoms with Crippen molar-refractivity contribution in [1.29, 1.82) is 0 Å². The maximum Gasteiger partial charge on any atom is 0.236 e. The van der Waals surface area contributed by atoms with E-state index in [4.69, 9.17) is 10.2 Å². The third-order valence-corrected chi connectivity index (χ3v) is 3.50. The van der Waals surface area contributed by atoms with Crippen LogP contribution >= 0.6 is 0 Å². The number of furan rings is 1. The van der Waals surface area contributed by atoms with E-state index in [2.05, 4.69) is 25.7 Å². The predicted molar refractivity (Wildman–Crippen MR) is 84.7 cm³/mol. The number of carbonyl (C=O) groups excluding carboxylic acids is 1. The molecule has 1 aromatic rings. The standard InChI is InChI=1S/C16H29N3O2/c1-5-8-19(13-16(2,3)12-17)11-15(20)18(4)10-14-7-6-9-21-14/h6-7,9H,5,8,10-13,17H2,1-4H3. The molecule has 1 amide bonds. The summed E-state index contributed by atoms with van der Waals surface area (Å²) in [5, 5.41) is 0. The van der Waals surface area contributed by atoms with Gasteiger partial charge in [0.25, 0.3) is 0 Å². The highest BCUT2D eigenvalue weighted by Crippen LogP contribution is 2.15. The molecule has 5 heteroatoms. The van der Waals surface area contributed by atoms with Crippen molar-refractivity contribution >= 4 is 5.91 Å². The molecule has 2 N–H and O–H groups in total. The molecular weight excluding hydrogens is 266 g/mol. The van der Waals surface area contributed by atoms with Crippen molar-refractivity contribution in [3.63, 3.8) is 0 Å². The zero-order valence-corrected chi connectivity index (χ0v) is 13.8. The molecule has 0 fully saturated rings. The van der Waals surface area contributed by atoms with Crippen LogP contribution in [0.4, 0.5) is 0 Å². The molecule has 120 valence electrons. The number of hydrogen-bond acceptors (Lipinski definition) is 4. The maximum atomic E-state index is 12.3. The van der Waals surface area contributed by atoms with Crippen molar-refractivity contribution in [2.24, 2.45) is 11.1 Å². The van der Waals surface area contributed by atoms with E-state index in [9.17, 15) is 4.79 Å². The minimum Gasteiger partial charge on any atom is -0.467 e. The van der Waals surface area contributed by atoms with Gasteiger partial charge >= 0.3 is 0 Å². The highest BCUT2D eigenvalue weighted by Gasteiger charge is 2.22. The molecule has 0 aliphatic rings. The second-order valence-electron chi connectivity index (χ2n) is 6.41. The molecule has 0 spiro atoms. The average molecular weight is 295 g/mol. The first-order chi connectivity index (χ1) is 9.88. The molecule has 1 aromatic heterocycles. The maximum absolute atomic E-state index is 12.3. The molecule has 1 heterocycles. The van der Waals surface area contributed by atoms with Gasteiger partial charge in [0.2, 0.25) is 5.91 Å². The van der Waals surface area contributed by atoms with Crippen LogP contribution in [-0.4, -0.2) is 48.9 Å². The smallest absolute Gasteiger partial charge is 0.236 e. The van der Waals surface area contributed by atoms with Gasteiger partial charge in [-0.2, -0.15) is 0 Å². The van der Waals surface area contributed by atoms with Gasteiger partial charge in [-0.25, -0.2) is 0 Å². The minimum atomic E-state index is 0.0228. The zero-order chi connectivity index (χ0) is 15.9. The summed E-state index contributed by atoms with van der Waals surface area (Å²) in [6.07, 6.45) is 2.65. The van der Waals surface area contributed by atoms with E-state index < -0.39 is 0 Å². The molecule has 21 heavy (non-hydrogen) atoms. The van der Waals surface area contributed by atoms with E-state index in [1.165, 1.54) is 0 Å². The van der Waals surface area contributed by atoms with Crippen LogP contribution in [0, 0.1) is 5.41 Å². The van der Waals surface area contributed by atoms with Gasteiger partial charge in [0.15, 0.2) is 0 Å². The molecule has 0 radical (unpaired) electrons.